The molecule has 0 amide bonds. The summed E-state index contributed by atoms with van der Waals surface area (Å²) in [6.07, 6.45) is 1.04. The van der Waals surface area contributed by atoms with Crippen molar-refractivity contribution in [3.8, 4) is 10.4 Å². The molecule has 0 aliphatic carbocycles. The number of aromatic nitrogens is 2. The largest absolute Gasteiger partial charge is 0.305 e. The minimum atomic E-state index is -1.30. The van der Waals surface area contributed by atoms with Gasteiger partial charge in [-0.05, 0) is 17.5 Å². The highest BCUT2D eigenvalue weighted by molar-refractivity contribution is 7.18. The van der Waals surface area contributed by atoms with Gasteiger partial charge in [-0.15, -0.1) is 22.7 Å². The van der Waals surface area contributed by atoms with Crippen molar-refractivity contribution in [3.05, 3.63) is 78.5 Å². The molecule has 3 heterocycles. The van der Waals surface area contributed by atoms with Crippen molar-refractivity contribution in [2.45, 2.75) is 0 Å². The molecule has 146 valence electrons. The molecular formula is C18H8ClF2N3O3S2. The zero-order valence-corrected chi connectivity index (χ0v) is 16.5. The molecule has 0 fully saturated rings. The van der Waals surface area contributed by atoms with Gasteiger partial charge in [0.25, 0.3) is 5.56 Å². The van der Waals surface area contributed by atoms with E-state index in [1.54, 1.807) is 0 Å². The normalized spacial score (nSPS) is 11.9. The Balaban J connectivity index is 1.80. The summed E-state index contributed by atoms with van der Waals surface area (Å²) in [5, 5.41) is 14.8. The van der Waals surface area contributed by atoms with Gasteiger partial charge >= 0.3 is 5.69 Å². The number of hydrogen-bond acceptors (Lipinski definition) is 6. The van der Waals surface area contributed by atoms with Gasteiger partial charge in [0.1, 0.15) is 10.6 Å². The average Bonchev–Trinajstić information content (AvgIpc) is 3.32. The Hall–Kier alpha value is -2.95. The van der Waals surface area contributed by atoms with Gasteiger partial charge in [-0.1, -0.05) is 17.7 Å². The number of H-pyrrole nitrogens is 1. The second kappa shape index (κ2) is 7.47. The minimum absolute atomic E-state index is 0.0323. The van der Waals surface area contributed by atoms with Gasteiger partial charge in [0.15, 0.2) is 5.82 Å². The van der Waals surface area contributed by atoms with Gasteiger partial charge in [-0.2, -0.15) is 4.39 Å². The Morgan fingerprint density at radius 1 is 1.28 bits per heavy atom. The fourth-order valence-corrected chi connectivity index (χ4v) is 4.65. The maximum Gasteiger partial charge on any atom is 0.305 e. The van der Waals surface area contributed by atoms with Crippen LogP contribution in [0.15, 0.2) is 39.8 Å². The summed E-state index contributed by atoms with van der Waals surface area (Å²) < 4.78 is 27.5. The maximum atomic E-state index is 14.0. The van der Waals surface area contributed by atoms with Crippen molar-refractivity contribution >= 4 is 61.3 Å². The van der Waals surface area contributed by atoms with Gasteiger partial charge in [0, 0.05) is 33.5 Å². The van der Waals surface area contributed by atoms with Gasteiger partial charge in [0.2, 0.25) is 5.82 Å². The molecule has 0 bridgehead atoms. The lowest BCUT2D eigenvalue weighted by Gasteiger charge is -2.03. The lowest BCUT2D eigenvalue weighted by Crippen LogP contribution is -2.10. The first kappa shape index (κ1) is 19.4. The predicted octanol–water partition coefficient (Wildman–Crippen LogP) is 5.64. The molecule has 0 aliphatic rings. The van der Waals surface area contributed by atoms with Crippen LogP contribution in [0.25, 0.3) is 31.8 Å². The Morgan fingerprint density at radius 3 is 2.76 bits per heavy atom. The first-order valence-corrected chi connectivity index (χ1v) is 10.1. The first-order chi connectivity index (χ1) is 13.8. The third kappa shape index (κ3) is 3.57. The number of nitro groups is 1. The number of thiophene rings is 2. The topological polar surface area (TPSA) is 88.9 Å². The molecule has 4 rings (SSSR count). The van der Waals surface area contributed by atoms with Crippen LogP contribution < -0.4 is 5.56 Å². The summed E-state index contributed by atoms with van der Waals surface area (Å²) in [5.41, 5.74) is -0.874. The first-order valence-electron chi connectivity index (χ1n) is 7.91. The third-order valence-electron chi connectivity index (χ3n) is 4.00. The van der Waals surface area contributed by atoms with Crippen LogP contribution in [-0.2, 0) is 0 Å². The number of nitro benzene ring substituents is 1. The van der Waals surface area contributed by atoms with Gasteiger partial charge in [-0.3, -0.25) is 14.9 Å². The Morgan fingerprint density at radius 2 is 2.07 bits per heavy atom. The summed E-state index contributed by atoms with van der Waals surface area (Å²) in [6.45, 7) is 0. The molecule has 1 N–H and O–H groups in total. The van der Waals surface area contributed by atoms with E-state index in [1.165, 1.54) is 22.7 Å². The van der Waals surface area contributed by atoms with Crippen molar-refractivity contribution in [2.75, 3.05) is 0 Å². The van der Waals surface area contributed by atoms with Crippen LogP contribution in [0.4, 0.5) is 14.5 Å². The van der Waals surface area contributed by atoms with Crippen LogP contribution in [0.5, 0.6) is 0 Å². The van der Waals surface area contributed by atoms with Crippen LogP contribution in [0.1, 0.15) is 11.4 Å². The molecule has 4 aromatic rings. The van der Waals surface area contributed by atoms with Crippen LogP contribution in [0.3, 0.4) is 0 Å². The summed E-state index contributed by atoms with van der Waals surface area (Å²) in [7, 11) is 0. The molecule has 0 radical (unpaired) electrons. The number of nitrogens with one attached hydrogen (secondary N) is 1. The number of aromatic amines is 1. The molecule has 29 heavy (non-hydrogen) atoms. The highest BCUT2D eigenvalue weighted by Crippen LogP contribution is 2.34. The second-order valence-electron chi connectivity index (χ2n) is 5.80. The molecule has 1 aromatic carbocycles. The molecule has 0 saturated carbocycles. The van der Waals surface area contributed by atoms with E-state index in [1.807, 2.05) is 22.9 Å². The van der Waals surface area contributed by atoms with E-state index in [0.717, 1.165) is 22.6 Å². The third-order valence-corrected chi connectivity index (χ3v) is 6.07. The van der Waals surface area contributed by atoms with E-state index in [9.17, 15) is 23.7 Å². The van der Waals surface area contributed by atoms with Crippen molar-refractivity contribution < 1.29 is 13.7 Å². The second-order valence-corrected chi connectivity index (χ2v) is 8.01. The highest BCUT2D eigenvalue weighted by atomic mass is 35.5. The summed E-state index contributed by atoms with van der Waals surface area (Å²) in [4.78, 5) is 30.7. The smallest absolute Gasteiger partial charge is 0.305 e. The van der Waals surface area contributed by atoms with Crippen LogP contribution in [-0.4, -0.2) is 14.9 Å². The molecule has 0 spiro atoms. The molecule has 11 heteroatoms. The van der Waals surface area contributed by atoms with Crippen LogP contribution in [0.2, 0.25) is 0 Å². The summed E-state index contributed by atoms with van der Waals surface area (Å²) in [5.74, 6) is -2.37. The zero-order valence-electron chi connectivity index (χ0n) is 14.1. The van der Waals surface area contributed by atoms with E-state index in [-0.39, 0.29) is 16.4 Å². The van der Waals surface area contributed by atoms with Crippen LogP contribution in [0, 0.1) is 21.7 Å². The quantitative estimate of drug-likeness (QED) is 0.321. The summed E-state index contributed by atoms with van der Waals surface area (Å²) in [6, 6.07) is 4.88. The van der Waals surface area contributed by atoms with E-state index >= 15 is 0 Å². The number of halogens is 3. The van der Waals surface area contributed by atoms with Crippen molar-refractivity contribution in [3.63, 3.8) is 0 Å². The molecule has 3 aromatic heterocycles. The number of nitrogens with zero attached hydrogens (tertiary/aromatic N) is 2. The molecule has 0 atom stereocenters. The lowest BCUT2D eigenvalue weighted by molar-refractivity contribution is -0.387. The van der Waals surface area contributed by atoms with E-state index in [4.69, 9.17) is 11.6 Å². The predicted molar refractivity (Wildman–Crippen MR) is 110 cm³/mol. The van der Waals surface area contributed by atoms with E-state index in [2.05, 4.69) is 9.97 Å². The Bertz CT molecular complexity index is 1350. The Kier molecular flexibility index (Phi) is 4.99. The van der Waals surface area contributed by atoms with Crippen molar-refractivity contribution in [1.29, 1.82) is 0 Å². The standard InChI is InChI=1S/C18H8ClF2N3O3S2/c19-10(4-8-5-13(24(26)27)12(21)6-11(8)20)16-22-17(25)15-9(7-29-18(15)23-16)14-2-1-3-28-14/h1-7H,(H,22,23,25)/b10-4-. The fourth-order valence-electron chi connectivity index (χ4n) is 2.68. The lowest BCUT2D eigenvalue weighted by atomic mass is 10.1. The van der Waals surface area contributed by atoms with E-state index < -0.39 is 27.8 Å². The van der Waals surface area contributed by atoms with E-state index in [0.29, 0.717) is 16.3 Å². The zero-order chi connectivity index (χ0) is 20.7. The van der Waals surface area contributed by atoms with Gasteiger partial charge in [-0.25, -0.2) is 9.37 Å². The fraction of sp³-hybridized carbons (Fsp3) is 0. The van der Waals surface area contributed by atoms with Crippen LogP contribution >= 0.6 is 34.3 Å². The van der Waals surface area contributed by atoms with Crippen molar-refractivity contribution in [2.24, 2.45) is 0 Å². The van der Waals surface area contributed by atoms with Gasteiger partial charge < -0.3 is 4.98 Å². The molecular weight excluding hydrogens is 444 g/mol. The Labute approximate surface area is 173 Å². The molecule has 0 unspecified atom stereocenters. The van der Waals surface area contributed by atoms with Crippen molar-refractivity contribution in [1.82, 2.24) is 9.97 Å². The number of fused-ring (bicyclic) bond motifs is 1. The number of benzene rings is 1. The maximum absolute atomic E-state index is 14.0. The minimum Gasteiger partial charge on any atom is -0.305 e. The average molecular weight is 452 g/mol. The monoisotopic (exact) mass is 451 g/mol. The molecule has 0 saturated heterocycles. The number of rotatable bonds is 4. The summed E-state index contributed by atoms with van der Waals surface area (Å²) >= 11 is 8.90. The SMILES string of the molecule is O=c1[nH]c(/C(Cl)=C/c2cc([N+](=O)[O-])c(F)cc2F)nc2scc(-c3cccs3)c12. The molecule has 6 nitrogen and oxygen atoms in total. The highest BCUT2D eigenvalue weighted by Gasteiger charge is 2.19. The van der Waals surface area contributed by atoms with Gasteiger partial charge in [0.05, 0.1) is 15.3 Å². The molecule has 0 aliphatic heterocycles. The number of hydrogen-bond donors (Lipinski definition) is 1.